The van der Waals surface area contributed by atoms with Gasteiger partial charge in [-0.2, -0.15) is 0 Å². The Morgan fingerprint density at radius 2 is 1.81 bits per heavy atom. The smallest absolute Gasteiger partial charge is 0.220 e. The SMILES string of the molecule is Cc1ncc(-c2onc(C)c2C)c(C2CCC(CNC(=O)CCC3CCCC3)CC2)n1. The molecule has 2 aromatic heterocycles. The monoisotopic (exact) mass is 424 g/mol. The number of aryl methyl sites for hydroxylation is 2. The van der Waals surface area contributed by atoms with E-state index in [0.29, 0.717) is 18.3 Å². The Bertz CT molecular complexity index is 893. The first-order chi connectivity index (χ1) is 15.0. The molecule has 0 spiro atoms. The molecule has 2 aliphatic carbocycles. The maximum atomic E-state index is 12.3. The minimum absolute atomic E-state index is 0.235. The van der Waals surface area contributed by atoms with Gasteiger partial charge in [0.25, 0.3) is 0 Å². The van der Waals surface area contributed by atoms with Crippen LogP contribution in [0.25, 0.3) is 11.3 Å². The summed E-state index contributed by atoms with van der Waals surface area (Å²) in [6, 6.07) is 0. The van der Waals surface area contributed by atoms with Gasteiger partial charge in [0.2, 0.25) is 5.91 Å². The Morgan fingerprint density at radius 3 is 2.48 bits per heavy atom. The Morgan fingerprint density at radius 1 is 1.06 bits per heavy atom. The third kappa shape index (κ3) is 5.34. The van der Waals surface area contributed by atoms with E-state index in [2.05, 4.69) is 15.5 Å². The van der Waals surface area contributed by atoms with Gasteiger partial charge in [0.1, 0.15) is 5.82 Å². The zero-order chi connectivity index (χ0) is 21.8. The molecule has 0 atom stereocenters. The van der Waals surface area contributed by atoms with E-state index in [0.717, 1.165) is 78.7 Å². The highest BCUT2D eigenvalue weighted by Gasteiger charge is 2.28. The summed E-state index contributed by atoms with van der Waals surface area (Å²) in [6.45, 7) is 6.76. The summed E-state index contributed by atoms with van der Waals surface area (Å²) in [5.41, 5.74) is 4.04. The van der Waals surface area contributed by atoms with E-state index in [4.69, 9.17) is 9.51 Å². The molecule has 0 radical (unpaired) electrons. The fourth-order valence-electron chi connectivity index (χ4n) is 5.26. The maximum absolute atomic E-state index is 12.3. The zero-order valence-electron chi connectivity index (χ0n) is 19.2. The fourth-order valence-corrected chi connectivity index (χ4v) is 5.26. The molecule has 6 heteroatoms. The molecule has 2 fully saturated rings. The van der Waals surface area contributed by atoms with Crippen molar-refractivity contribution in [3.63, 3.8) is 0 Å². The molecule has 1 amide bonds. The van der Waals surface area contributed by atoms with Gasteiger partial charge in [0.15, 0.2) is 5.76 Å². The second-order valence-electron chi connectivity index (χ2n) is 9.65. The third-order valence-electron chi connectivity index (χ3n) is 7.42. The van der Waals surface area contributed by atoms with Gasteiger partial charge in [-0.05, 0) is 64.7 Å². The van der Waals surface area contributed by atoms with Crippen molar-refractivity contribution in [3.05, 3.63) is 29.0 Å². The number of carbonyl (C=O) groups is 1. The van der Waals surface area contributed by atoms with Gasteiger partial charge in [0.05, 0.1) is 17.0 Å². The van der Waals surface area contributed by atoms with Gasteiger partial charge in [-0.15, -0.1) is 0 Å². The molecular formula is C25H36N4O2. The third-order valence-corrected chi connectivity index (χ3v) is 7.42. The van der Waals surface area contributed by atoms with Crippen molar-refractivity contribution in [1.29, 1.82) is 0 Å². The number of amides is 1. The van der Waals surface area contributed by atoms with Crippen LogP contribution in [0.1, 0.15) is 92.9 Å². The van der Waals surface area contributed by atoms with Crippen molar-refractivity contribution >= 4 is 5.91 Å². The quantitative estimate of drug-likeness (QED) is 0.642. The number of carbonyl (C=O) groups excluding carboxylic acids is 1. The van der Waals surface area contributed by atoms with Gasteiger partial charge >= 0.3 is 0 Å². The van der Waals surface area contributed by atoms with E-state index in [-0.39, 0.29) is 5.91 Å². The van der Waals surface area contributed by atoms with Gasteiger partial charge in [-0.1, -0.05) is 30.8 Å². The van der Waals surface area contributed by atoms with Gasteiger partial charge in [-0.3, -0.25) is 4.79 Å². The van der Waals surface area contributed by atoms with Gasteiger partial charge in [0, 0.05) is 30.6 Å². The predicted molar refractivity (Wildman–Crippen MR) is 121 cm³/mol. The Hall–Kier alpha value is -2.24. The van der Waals surface area contributed by atoms with Crippen LogP contribution in [0.3, 0.4) is 0 Å². The van der Waals surface area contributed by atoms with Crippen molar-refractivity contribution in [2.24, 2.45) is 11.8 Å². The van der Waals surface area contributed by atoms with E-state index in [1.165, 1.54) is 25.7 Å². The van der Waals surface area contributed by atoms with Crippen molar-refractivity contribution in [2.45, 2.75) is 90.9 Å². The number of rotatable bonds is 7. The Kier molecular flexibility index (Phi) is 7.03. The van der Waals surface area contributed by atoms with Crippen LogP contribution in [-0.2, 0) is 4.79 Å². The van der Waals surface area contributed by atoms with Crippen LogP contribution in [0, 0.1) is 32.6 Å². The van der Waals surface area contributed by atoms with Crippen molar-refractivity contribution in [1.82, 2.24) is 20.4 Å². The molecule has 2 aliphatic rings. The van der Waals surface area contributed by atoms with E-state index in [1.807, 2.05) is 27.0 Å². The molecule has 2 saturated carbocycles. The molecule has 2 aromatic rings. The predicted octanol–water partition coefficient (Wildman–Crippen LogP) is 5.42. The number of nitrogens with zero attached hydrogens (tertiary/aromatic N) is 3. The molecule has 31 heavy (non-hydrogen) atoms. The summed E-state index contributed by atoms with van der Waals surface area (Å²) >= 11 is 0. The molecule has 0 aromatic carbocycles. The molecule has 4 rings (SSSR count). The molecule has 0 bridgehead atoms. The van der Waals surface area contributed by atoms with E-state index >= 15 is 0 Å². The standard InChI is InChI=1S/C25H36N4O2/c1-16-17(2)29-31-25(16)22-15-26-18(3)28-24(22)21-11-8-20(9-12-21)14-27-23(30)13-10-19-6-4-5-7-19/h15,19-21H,4-14H2,1-3H3,(H,27,30). The minimum Gasteiger partial charge on any atom is -0.356 e. The first kappa shape index (κ1) is 22.0. The fraction of sp³-hybridized carbons (Fsp3) is 0.680. The summed E-state index contributed by atoms with van der Waals surface area (Å²) in [7, 11) is 0. The van der Waals surface area contributed by atoms with Gasteiger partial charge in [-0.25, -0.2) is 9.97 Å². The van der Waals surface area contributed by atoms with E-state index in [9.17, 15) is 4.79 Å². The summed E-state index contributed by atoms with van der Waals surface area (Å²) in [5, 5.41) is 7.32. The first-order valence-electron chi connectivity index (χ1n) is 12.0. The molecule has 2 heterocycles. The first-order valence-corrected chi connectivity index (χ1v) is 12.0. The number of nitrogens with one attached hydrogen (secondary N) is 1. The summed E-state index contributed by atoms with van der Waals surface area (Å²) in [6.07, 6.45) is 13.4. The number of hydrogen-bond donors (Lipinski definition) is 1. The highest BCUT2D eigenvalue weighted by Crippen LogP contribution is 2.39. The Balaban J connectivity index is 1.31. The molecule has 1 N–H and O–H groups in total. The van der Waals surface area contributed by atoms with Crippen LogP contribution in [0.15, 0.2) is 10.7 Å². The van der Waals surface area contributed by atoms with E-state index in [1.54, 1.807) is 0 Å². The van der Waals surface area contributed by atoms with Crippen LogP contribution in [-0.4, -0.2) is 27.6 Å². The number of hydrogen-bond acceptors (Lipinski definition) is 5. The number of aromatic nitrogens is 3. The summed E-state index contributed by atoms with van der Waals surface area (Å²) in [5.74, 6) is 3.57. The average molecular weight is 425 g/mol. The normalized spacial score (nSPS) is 22.0. The lowest BCUT2D eigenvalue weighted by atomic mass is 9.79. The highest BCUT2D eigenvalue weighted by atomic mass is 16.5. The van der Waals surface area contributed by atoms with Crippen LogP contribution in [0.4, 0.5) is 0 Å². The van der Waals surface area contributed by atoms with Crippen LogP contribution < -0.4 is 5.32 Å². The lowest BCUT2D eigenvalue weighted by Crippen LogP contribution is -2.31. The molecule has 0 unspecified atom stereocenters. The van der Waals surface area contributed by atoms with Gasteiger partial charge < -0.3 is 9.84 Å². The molecule has 6 nitrogen and oxygen atoms in total. The van der Waals surface area contributed by atoms with Crippen LogP contribution in [0.2, 0.25) is 0 Å². The van der Waals surface area contributed by atoms with Crippen molar-refractivity contribution in [3.8, 4) is 11.3 Å². The van der Waals surface area contributed by atoms with Crippen LogP contribution >= 0.6 is 0 Å². The lowest BCUT2D eigenvalue weighted by molar-refractivity contribution is -0.121. The molecule has 0 saturated heterocycles. The molecule has 0 aliphatic heterocycles. The second kappa shape index (κ2) is 9.92. The van der Waals surface area contributed by atoms with Crippen LogP contribution in [0.5, 0.6) is 0 Å². The summed E-state index contributed by atoms with van der Waals surface area (Å²) in [4.78, 5) is 21.5. The highest BCUT2D eigenvalue weighted by molar-refractivity contribution is 5.75. The van der Waals surface area contributed by atoms with Crippen molar-refractivity contribution in [2.75, 3.05) is 6.54 Å². The molecule has 168 valence electrons. The molecular weight excluding hydrogens is 388 g/mol. The largest absolute Gasteiger partial charge is 0.356 e. The maximum Gasteiger partial charge on any atom is 0.220 e. The Labute approximate surface area is 185 Å². The minimum atomic E-state index is 0.235. The second-order valence-corrected chi connectivity index (χ2v) is 9.65. The van der Waals surface area contributed by atoms with Crippen molar-refractivity contribution < 1.29 is 9.32 Å². The average Bonchev–Trinajstić information content (AvgIpc) is 3.42. The van der Waals surface area contributed by atoms with E-state index < -0.39 is 0 Å². The zero-order valence-corrected chi connectivity index (χ0v) is 19.2. The topological polar surface area (TPSA) is 80.9 Å². The summed E-state index contributed by atoms with van der Waals surface area (Å²) < 4.78 is 5.62. The lowest BCUT2D eigenvalue weighted by Gasteiger charge is -2.29.